The molecule has 0 unspecified atom stereocenters. The van der Waals surface area contributed by atoms with Crippen LogP contribution in [-0.2, 0) is 4.18 Å². The van der Waals surface area contributed by atoms with Crippen molar-refractivity contribution in [2.24, 2.45) is 0 Å². The van der Waals surface area contributed by atoms with Gasteiger partial charge in [-0.25, -0.2) is 0 Å². The summed E-state index contributed by atoms with van der Waals surface area (Å²) in [5.41, 5.74) is 0. The van der Waals surface area contributed by atoms with Crippen LogP contribution < -0.4 is 0 Å². The summed E-state index contributed by atoms with van der Waals surface area (Å²) < 4.78 is 4.52. The van der Waals surface area contributed by atoms with E-state index in [1.54, 1.807) is 0 Å². The van der Waals surface area contributed by atoms with Crippen molar-refractivity contribution in [3.63, 3.8) is 0 Å². The van der Waals surface area contributed by atoms with Crippen LogP contribution in [0.5, 0.6) is 0 Å². The van der Waals surface area contributed by atoms with Crippen LogP contribution in [-0.4, -0.2) is 6.61 Å². The van der Waals surface area contributed by atoms with Crippen LogP contribution >= 0.6 is 21.9 Å². The second-order valence-corrected chi connectivity index (χ2v) is 1.21. The minimum atomic E-state index is 0.675. The summed E-state index contributed by atoms with van der Waals surface area (Å²) in [5.74, 6) is 0. The highest BCUT2D eigenvalue weighted by atomic mass is 35.7. The van der Waals surface area contributed by atoms with Gasteiger partial charge in [-0.05, 0) is 17.6 Å². The molecule has 0 N–H and O–H groups in total. The zero-order valence-corrected chi connectivity index (χ0v) is 4.47. The summed E-state index contributed by atoms with van der Waals surface area (Å²) in [7, 11) is 5.00. The Balaban J connectivity index is 2.19. The van der Waals surface area contributed by atoms with Gasteiger partial charge in [-0.15, -0.1) is 0 Å². The molecule has 0 aliphatic heterocycles. The van der Waals surface area contributed by atoms with E-state index in [2.05, 4.69) is 4.18 Å². The Morgan fingerprint density at radius 2 is 2.60 bits per heavy atom. The summed E-state index contributed by atoms with van der Waals surface area (Å²) >= 11 is 0.874. The molecule has 0 rings (SSSR count). The first-order valence-electron chi connectivity index (χ1n) is 1.32. The predicted molar refractivity (Wildman–Crippen MR) is 25.1 cm³/mol. The second-order valence-electron chi connectivity index (χ2n) is 0.470. The van der Waals surface area contributed by atoms with E-state index in [0.29, 0.717) is 6.61 Å². The number of halogens is 1. The number of rotatable bonds is 2. The summed E-state index contributed by atoms with van der Waals surface area (Å²) in [6, 6.07) is 0. The highest BCUT2D eigenvalue weighted by Gasteiger charge is 1.68. The molecular formula is C2H5ClOS. The molecule has 0 amide bonds. The lowest BCUT2D eigenvalue weighted by Gasteiger charge is -1.81. The Bertz CT molecular complexity index is 17.1. The molecule has 32 valence electrons. The summed E-state index contributed by atoms with van der Waals surface area (Å²) in [6.07, 6.45) is 0. The maximum atomic E-state index is 5.00. The Labute approximate surface area is 40.4 Å². The van der Waals surface area contributed by atoms with Crippen molar-refractivity contribution in [1.82, 2.24) is 0 Å². The van der Waals surface area contributed by atoms with Crippen LogP contribution in [0.1, 0.15) is 6.92 Å². The molecule has 0 spiro atoms. The smallest absolute Gasteiger partial charge is 0.102 e. The highest BCUT2D eigenvalue weighted by molar-refractivity contribution is 8.17. The summed E-state index contributed by atoms with van der Waals surface area (Å²) in [4.78, 5) is 0. The van der Waals surface area contributed by atoms with E-state index in [1.165, 1.54) is 0 Å². The Hall–Kier alpha value is 0.600. The molecular weight excluding hydrogens is 108 g/mol. The van der Waals surface area contributed by atoms with Crippen molar-refractivity contribution in [1.29, 1.82) is 0 Å². The van der Waals surface area contributed by atoms with Crippen LogP contribution in [0.4, 0.5) is 0 Å². The number of hydrogen-bond acceptors (Lipinski definition) is 2. The van der Waals surface area contributed by atoms with Gasteiger partial charge >= 0.3 is 0 Å². The van der Waals surface area contributed by atoms with Crippen LogP contribution in [0, 0.1) is 0 Å². The average molecular weight is 113 g/mol. The van der Waals surface area contributed by atoms with E-state index < -0.39 is 0 Å². The van der Waals surface area contributed by atoms with Gasteiger partial charge in [0.15, 0.2) is 0 Å². The van der Waals surface area contributed by atoms with Crippen molar-refractivity contribution in [2.75, 3.05) is 6.61 Å². The van der Waals surface area contributed by atoms with Gasteiger partial charge < -0.3 is 4.18 Å². The zero-order valence-electron chi connectivity index (χ0n) is 2.90. The Morgan fingerprint density at radius 3 is 2.60 bits per heavy atom. The minimum Gasteiger partial charge on any atom is -0.301 e. The molecule has 0 aliphatic rings. The van der Waals surface area contributed by atoms with Crippen molar-refractivity contribution >= 4 is 21.9 Å². The lowest BCUT2D eigenvalue weighted by atomic mass is 10.9. The molecule has 0 atom stereocenters. The predicted octanol–water partition coefficient (Wildman–Crippen LogP) is 1.82. The van der Waals surface area contributed by atoms with E-state index in [1.807, 2.05) is 6.92 Å². The fourth-order valence-electron chi connectivity index (χ4n) is 0.0445. The summed E-state index contributed by atoms with van der Waals surface area (Å²) in [5, 5.41) is 0. The Kier molecular flexibility index (Phi) is 5.15. The molecule has 0 aromatic carbocycles. The van der Waals surface area contributed by atoms with E-state index in [-0.39, 0.29) is 0 Å². The zero-order chi connectivity index (χ0) is 4.12. The maximum Gasteiger partial charge on any atom is 0.102 e. The van der Waals surface area contributed by atoms with Crippen molar-refractivity contribution in [2.45, 2.75) is 6.92 Å². The van der Waals surface area contributed by atoms with E-state index >= 15 is 0 Å². The first kappa shape index (κ1) is 5.60. The molecule has 5 heavy (non-hydrogen) atoms. The van der Waals surface area contributed by atoms with Gasteiger partial charge in [0.2, 0.25) is 0 Å². The summed E-state index contributed by atoms with van der Waals surface area (Å²) in [6.45, 7) is 2.56. The normalized spacial score (nSPS) is 8.40. The largest absolute Gasteiger partial charge is 0.301 e. The molecule has 0 bridgehead atoms. The number of hydrogen-bond donors (Lipinski definition) is 0. The van der Waals surface area contributed by atoms with E-state index in [4.69, 9.17) is 10.7 Å². The van der Waals surface area contributed by atoms with Crippen LogP contribution in [0.2, 0.25) is 0 Å². The lowest BCUT2D eigenvalue weighted by molar-refractivity contribution is 0.408. The lowest BCUT2D eigenvalue weighted by Crippen LogP contribution is -1.68. The van der Waals surface area contributed by atoms with Crippen molar-refractivity contribution in [3.8, 4) is 0 Å². The first-order chi connectivity index (χ1) is 2.41. The molecule has 0 aromatic heterocycles. The van der Waals surface area contributed by atoms with E-state index in [0.717, 1.165) is 11.3 Å². The monoisotopic (exact) mass is 112 g/mol. The van der Waals surface area contributed by atoms with E-state index in [9.17, 15) is 0 Å². The average Bonchev–Trinajstić information content (AvgIpc) is 1.41. The molecule has 0 saturated carbocycles. The van der Waals surface area contributed by atoms with Gasteiger partial charge in [0.25, 0.3) is 0 Å². The maximum absolute atomic E-state index is 5.00. The van der Waals surface area contributed by atoms with Gasteiger partial charge in [-0.1, -0.05) is 0 Å². The van der Waals surface area contributed by atoms with Gasteiger partial charge in [-0.3, -0.25) is 0 Å². The van der Waals surface area contributed by atoms with Gasteiger partial charge in [-0.2, -0.15) is 0 Å². The minimum absolute atomic E-state index is 0.675. The fraction of sp³-hybridized carbons (Fsp3) is 1.00. The van der Waals surface area contributed by atoms with Crippen LogP contribution in [0.15, 0.2) is 0 Å². The fourth-order valence-corrected chi connectivity index (χ4v) is 0.401. The SMILES string of the molecule is CCOSCl. The Morgan fingerprint density at radius 1 is 2.00 bits per heavy atom. The molecule has 0 aliphatic carbocycles. The molecule has 0 saturated heterocycles. The molecule has 1 nitrogen and oxygen atoms in total. The third kappa shape index (κ3) is 4.60. The van der Waals surface area contributed by atoms with Gasteiger partial charge in [0, 0.05) is 0 Å². The molecule has 0 aromatic rings. The third-order valence-corrected chi connectivity index (χ3v) is 0.754. The van der Waals surface area contributed by atoms with Crippen molar-refractivity contribution in [3.05, 3.63) is 0 Å². The molecule has 3 heteroatoms. The second kappa shape index (κ2) is 4.60. The topological polar surface area (TPSA) is 9.23 Å². The quantitative estimate of drug-likeness (QED) is 0.504. The highest BCUT2D eigenvalue weighted by Crippen LogP contribution is 2.04. The van der Waals surface area contributed by atoms with Crippen molar-refractivity contribution < 1.29 is 4.18 Å². The molecule has 0 fully saturated rings. The molecule has 0 radical (unpaired) electrons. The third-order valence-electron chi connectivity index (χ3n) is 0.162. The first-order valence-corrected chi connectivity index (χ1v) is 2.88. The van der Waals surface area contributed by atoms with Crippen LogP contribution in [0.3, 0.4) is 0 Å². The van der Waals surface area contributed by atoms with Crippen LogP contribution in [0.25, 0.3) is 0 Å². The standard InChI is InChI=1S/C2H5ClOS/c1-2-4-5-3/h2H2,1H3. The van der Waals surface area contributed by atoms with Gasteiger partial charge in [0.1, 0.15) is 11.3 Å². The van der Waals surface area contributed by atoms with Gasteiger partial charge in [0.05, 0.1) is 6.61 Å². The molecule has 0 heterocycles.